The van der Waals surface area contributed by atoms with E-state index < -0.39 is 0 Å². The topological polar surface area (TPSA) is 59.0 Å². The minimum absolute atomic E-state index is 0.137. The van der Waals surface area contributed by atoms with Crippen molar-refractivity contribution in [1.82, 2.24) is 24.6 Å². The highest BCUT2D eigenvalue weighted by atomic mass is 19.1. The number of benzene rings is 2. The van der Waals surface area contributed by atoms with E-state index in [0.717, 1.165) is 62.1 Å². The van der Waals surface area contributed by atoms with Gasteiger partial charge in [-0.05, 0) is 67.6 Å². The number of piperidine rings is 1. The quantitative estimate of drug-likeness (QED) is 0.431. The minimum Gasteiger partial charge on any atom is -0.378 e. The van der Waals surface area contributed by atoms with Crippen molar-refractivity contribution in [3.05, 3.63) is 78.3 Å². The largest absolute Gasteiger partial charge is 0.378 e. The molecule has 33 heavy (non-hydrogen) atoms. The van der Waals surface area contributed by atoms with Crippen LogP contribution in [0.4, 0.5) is 4.39 Å². The molecule has 6 nitrogen and oxygen atoms in total. The third-order valence-corrected chi connectivity index (χ3v) is 7.06. The molecule has 172 valence electrons. The van der Waals surface area contributed by atoms with Crippen molar-refractivity contribution in [2.45, 2.75) is 37.7 Å². The van der Waals surface area contributed by atoms with E-state index in [1.54, 1.807) is 25.8 Å². The number of hydrogen-bond acceptors (Lipinski definition) is 4. The fraction of sp³-hybridized carbons (Fsp3) is 0.385. The Kier molecular flexibility index (Phi) is 6.24. The maximum Gasteiger partial charge on any atom is 0.126 e. The van der Waals surface area contributed by atoms with Gasteiger partial charge < -0.3 is 14.6 Å². The third-order valence-electron chi connectivity index (χ3n) is 7.06. The Labute approximate surface area is 193 Å². The lowest BCUT2D eigenvalue weighted by Gasteiger charge is -2.41. The number of likely N-dealkylation sites (tertiary alicyclic amines) is 1. The van der Waals surface area contributed by atoms with Crippen LogP contribution in [-0.4, -0.2) is 57.0 Å². The van der Waals surface area contributed by atoms with Gasteiger partial charge in [-0.1, -0.05) is 18.2 Å². The molecule has 0 unspecified atom stereocenters. The SMILES string of the molecule is COC1(Cc2ccccc2F)CCN(CCCc2c[nH]c3ccc(-n4cnnc4)cc23)CC1. The van der Waals surface area contributed by atoms with Gasteiger partial charge in [0.25, 0.3) is 0 Å². The van der Waals surface area contributed by atoms with Gasteiger partial charge in [0, 0.05) is 49.4 Å². The van der Waals surface area contributed by atoms with E-state index in [1.807, 2.05) is 16.7 Å². The molecule has 0 spiro atoms. The Bertz CT molecular complexity index is 1190. The number of rotatable bonds is 8. The number of hydrogen-bond donors (Lipinski definition) is 1. The van der Waals surface area contributed by atoms with Crippen LogP contribution in [0.5, 0.6) is 0 Å². The molecule has 2 aromatic carbocycles. The van der Waals surface area contributed by atoms with Crippen molar-refractivity contribution in [3.8, 4) is 5.69 Å². The highest BCUT2D eigenvalue weighted by Crippen LogP contribution is 2.31. The summed E-state index contributed by atoms with van der Waals surface area (Å²) in [4.78, 5) is 5.90. The molecule has 1 N–H and O–H groups in total. The number of fused-ring (bicyclic) bond motifs is 1. The lowest BCUT2D eigenvalue weighted by atomic mass is 9.84. The van der Waals surface area contributed by atoms with E-state index in [9.17, 15) is 4.39 Å². The van der Waals surface area contributed by atoms with Gasteiger partial charge in [-0.2, -0.15) is 0 Å². The number of methoxy groups -OCH3 is 1. The molecule has 1 aliphatic heterocycles. The normalized spacial score (nSPS) is 16.4. The molecule has 7 heteroatoms. The van der Waals surface area contributed by atoms with Crippen LogP contribution in [0, 0.1) is 5.82 Å². The summed E-state index contributed by atoms with van der Waals surface area (Å²) in [6, 6.07) is 13.4. The maximum atomic E-state index is 14.2. The zero-order valence-electron chi connectivity index (χ0n) is 19.0. The van der Waals surface area contributed by atoms with Gasteiger partial charge in [0.2, 0.25) is 0 Å². The second kappa shape index (κ2) is 9.45. The number of nitrogens with one attached hydrogen (secondary N) is 1. The van der Waals surface area contributed by atoms with Crippen LogP contribution in [0.25, 0.3) is 16.6 Å². The molecule has 5 rings (SSSR count). The van der Waals surface area contributed by atoms with Crippen LogP contribution >= 0.6 is 0 Å². The highest BCUT2D eigenvalue weighted by molar-refractivity contribution is 5.85. The van der Waals surface area contributed by atoms with Crippen LogP contribution in [0.3, 0.4) is 0 Å². The monoisotopic (exact) mass is 447 g/mol. The van der Waals surface area contributed by atoms with Gasteiger partial charge in [-0.15, -0.1) is 10.2 Å². The van der Waals surface area contributed by atoms with Crippen LogP contribution in [0.1, 0.15) is 30.4 Å². The molecule has 4 aromatic rings. The fourth-order valence-electron chi connectivity index (χ4n) is 4.99. The zero-order chi connectivity index (χ0) is 22.7. The summed E-state index contributed by atoms with van der Waals surface area (Å²) in [6.07, 6.45) is 10.2. The zero-order valence-corrected chi connectivity index (χ0v) is 19.0. The molecule has 1 fully saturated rings. The van der Waals surface area contributed by atoms with Gasteiger partial charge in [-0.3, -0.25) is 4.57 Å². The van der Waals surface area contributed by atoms with Gasteiger partial charge >= 0.3 is 0 Å². The number of halogens is 1. The second-order valence-electron chi connectivity index (χ2n) is 9.01. The third kappa shape index (κ3) is 4.70. The minimum atomic E-state index is -0.270. The number of aryl methyl sites for hydroxylation is 1. The average molecular weight is 448 g/mol. The maximum absolute atomic E-state index is 14.2. The van der Waals surface area contributed by atoms with E-state index in [2.05, 4.69) is 44.5 Å². The number of nitrogens with zero attached hydrogens (tertiary/aromatic N) is 4. The molecule has 0 aliphatic carbocycles. The summed E-state index contributed by atoms with van der Waals surface area (Å²) in [5, 5.41) is 9.07. The standard InChI is InChI=1S/C26H30FN5O/c1-33-26(16-20-5-2-3-7-24(20)27)10-13-31(14-11-26)12-4-6-21-17-28-25-9-8-22(15-23(21)25)32-18-29-30-19-32/h2-3,5,7-9,15,17-19,28H,4,6,10-14,16H2,1H3. The lowest BCUT2D eigenvalue weighted by Crippen LogP contribution is -2.47. The lowest BCUT2D eigenvalue weighted by molar-refractivity contribution is -0.0569. The molecule has 0 amide bonds. The molecular weight excluding hydrogens is 417 g/mol. The van der Waals surface area contributed by atoms with E-state index in [-0.39, 0.29) is 11.4 Å². The summed E-state index contributed by atoms with van der Waals surface area (Å²) in [5.41, 5.74) is 4.03. The van der Waals surface area contributed by atoms with Gasteiger partial charge in [-0.25, -0.2) is 4.39 Å². The first-order chi connectivity index (χ1) is 16.2. The van der Waals surface area contributed by atoms with E-state index in [1.165, 1.54) is 17.0 Å². The molecule has 2 aromatic heterocycles. The molecule has 3 heterocycles. The van der Waals surface area contributed by atoms with Crippen molar-refractivity contribution >= 4 is 10.9 Å². The van der Waals surface area contributed by atoms with Crippen molar-refractivity contribution in [1.29, 1.82) is 0 Å². The first-order valence-corrected chi connectivity index (χ1v) is 11.6. The highest BCUT2D eigenvalue weighted by Gasteiger charge is 2.35. The van der Waals surface area contributed by atoms with Crippen molar-refractivity contribution in [2.24, 2.45) is 0 Å². The molecule has 0 atom stereocenters. The van der Waals surface area contributed by atoms with Crippen LogP contribution < -0.4 is 0 Å². The van der Waals surface area contributed by atoms with Gasteiger partial charge in [0.1, 0.15) is 18.5 Å². The molecule has 1 aliphatic rings. The van der Waals surface area contributed by atoms with E-state index in [0.29, 0.717) is 6.42 Å². The summed E-state index contributed by atoms with van der Waals surface area (Å²) < 4.78 is 22.0. The molecule has 0 saturated carbocycles. The van der Waals surface area contributed by atoms with Crippen LogP contribution in [-0.2, 0) is 17.6 Å². The predicted molar refractivity (Wildman–Crippen MR) is 127 cm³/mol. The first-order valence-electron chi connectivity index (χ1n) is 11.6. The van der Waals surface area contributed by atoms with Crippen LogP contribution in [0.2, 0.25) is 0 Å². The van der Waals surface area contributed by atoms with Crippen molar-refractivity contribution < 1.29 is 9.13 Å². The predicted octanol–water partition coefficient (Wildman–Crippen LogP) is 4.54. The van der Waals surface area contributed by atoms with Gasteiger partial charge in [0.15, 0.2) is 0 Å². The Balaban J connectivity index is 1.17. The summed E-state index contributed by atoms with van der Waals surface area (Å²) >= 11 is 0. The summed E-state index contributed by atoms with van der Waals surface area (Å²) in [6.45, 7) is 3.01. The Morgan fingerprint density at radius 2 is 1.85 bits per heavy atom. The molecular formula is C26H30FN5O. The van der Waals surface area contributed by atoms with Crippen molar-refractivity contribution in [3.63, 3.8) is 0 Å². The second-order valence-corrected chi connectivity index (χ2v) is 9.01. The van der Waals surface area contributed by atoms with E-state index in [4.69, 9.17) is 4.74 Å². The number of H-pyrrole nitrogens is 1. The Morgan fingerprint density at radius 3 is 2.61 bits per heavy atom. The van der Waals surface area contributed by atoms with E-state index >= 15 is 0 Å². The fourth-order valence-corrected chi connectivity index (χ4v) is 4.99. The van der Waals surface area contributed by atoms with Crippen LogP contribution in [0.15, 0.2) is 61.3 Å². The smallest absolute Gasteiger partial charge is 0.126 e. The molecule has 0 bridgehead atoms. The number of ether oxygens (including phenoxy) is 1. The number of aromatic amines is 1. The molecule has 1 saturated heterocycles. The number of aromatic nitrogens is 4. The summed E-state index contributed by atoms with van der Waals surface area (Å²) in [5.74, 6) is -0.137. The first kappa shape index (κ1) is 21.8. The van der Waals surface area contributed by atoms with Crippen molar-refractivity contribution in [2.75, 3.05) is 26.7 Å². The molecule has 0 radical (unpaired) electrons. The Hall–Kier alpha value is -3.03. The van der Waals surface area contributed by atoms with Gasteiger partial charge in [0.05, 0.1) is 5.60 Å². The Morgan fingerprint density at radius 1 is 1.06 bits per heavy atom. The summed E-state index contributed by atoms with van der Waals surface area (Å²) in [7, 11) is 1.77. The average Bonchev–Trinajstić information content (AvgIpc) is 3.52.